The number of hydrogen-bond acceptors (Lipinski definition) is 2. The number of likely N-dealkylation sites (tertiary alicyclic amines) is 1. The Morgan fingerprint density at radius 2 is 2.11 bits per heavy atom. The quantitative estimate of drug-likeness (QED) is 0.882. The first kappa shape index (κ1) is 13.2. The van der Waals surface area contributed by atoms with E-state index in [1.54, 1.807) is 0 Å². The summed E-state index contributed by atoms with van der Waals surface area (Å²) in [4.78, 5) is 2.43. The van der Waals surface area contributed by atoms with Crippen molar-refractivity contribution in [1.82, 2.24) is 4.90 Å². The molecule has 98 valence electrons. The first-order chi connectivity index (χ1) is 8.65. The Hall–Kier alpha value is -1.28. The molecule has 0 bridgehead atoms. The lowest BCUT2D eigenvalue weighted by Gasteiger charge is -2.28. The van der Waals surface area contributed by atoms with E-state index in [0.717, 1.165) is 17.9 Å². The number of nitrogens with zero attached hydrogens (tertiary/aromatic N) is 1. The Bertz CT molecular complexity index is 403. The van der Waals surface area contributed by atoms with Crippen LogP contribution in [0.3, 0.4) is 0 Å². The average molecular weight is 244 g/mol. The molecule has 1 aliphatic rings. The molecular formula is C16H24N2. The molecule has 1 saturated heterocycles. The van der Waals surface area contributed by atoms with Gasteiger partial charge in [0.2, 0.25) is 0 Å². The predicted octanol–water partition coefficient (Wildman–Crippen LogP) is 2.89. The van der Waals surface area contributed by atoms with Crippen LogP contribution in [-0.2, 0) is 6.42 Å². The monoisotopic (exact) mass is 244 g/mol. The molecule has 1 aliphatic heterocycles. The maximum absolute atomic E-state index is 5.74. The first-order valence-electron chi connectivity index (χ1n) is 6.87. The van der Waals surface area contributed by atoms with E-state index >= 15 is 0 Å². The minimum Gasteiger partial charge on any atom is -0.399 e. The Labute approximate surface area is 110 Å². The smallest absolute Gasteiger partial charge is 0.0314 e. The fourth-order valence-electron chi connectivity index (χ4n) is 2.65. The fraction of sp³-hybridized carbons (Fsp3) is 0.500. The van der Waals surface area contributed by atoms with E-state index in [1.165, 1.54) is 37.9 Å². The van der Waals surface area contributed by atoms with Crippen LogP contribution in [-0.4, -0.2) is 25.0 Å². The zero-order valence-electron chi connectivity index (χ0n) is 11.4. The Morgan fingerprint density at radius 3 is 2.78 bits per heavy atom. The lowest BCUT2D eigenvalue weighted by atomic mass is 9.90. The van der Waals surface area contributed by atoms with Gasteiger partial charge in [0.05, 0.1) is 0 Å². The zero-order chi connectivity index (χ0) is 13.0. The molecule has 2 nitrogen and oxygen atoms in total. The molecule has 0 atom stereocenters. The van der Waals surface area contributed by atoms with Crippen molar-refractivity contribution in [2.24, 2.45) is 11.7 Å². The van der Waals surface area contributed by atoms with Crippen LogP contribution in [0.2, 0.25) is 0 Å². The molecule has 0 unspecified atom stereocenters. The van der Waals surface area contributed by atoms with Crippen molar-refractivity contribution in [3.05, 3.63) is 42.0 Å². The maximum Gasteiger partial charge on any atom is 0.0314 e. The van der Waals surface area contributed by atoms with Crippen LogP contribution < -0.4 is 5.73 Å². The molecule has 0 spiro atoms. The lowest BCUT2D eigenvalue weighted by molar-refractivity contribution is 0.212. The zero-order valence-corrected chi connectivity index (χ0v) is 11.4. The summed E-state index contributed by atoms with van der Waals surface area (Å²) in [5.74, 6) is 0.894. The van der Waals surface area contributed by atoms with Crippen LogP contribution in [0.15, 0.2) is 30.8 Å². The van der Waals surface area contributed by atoms with Crippen molar-refractivity contribution in [1.29, 1.82) is 0 Å². The van der Waals surface area contributed by atoms with E-state index < -0.39 is 0 Å². The summed E-state index contributed by atoms with van der Waals surface area (Å²) in [5.41, 5.74) is 8.85. The third-order valence-electron chi connectivity index (χ3n) is 3.98. The normalized spacial score (nSPS) is 17.8. The molecule has 0 aromatic heterocycles. The van der Waals surface area contributed by atoms with E-state index in [-0.39, 0.29) is 0 Å². The second-order valence-electron chi connectivity index (χ2n) is 5.51. The molecule has 2 heteroatoms. The van der Waals surface area contributed by atoms with E-state index in [0.29, 0.717) is 5.70 Å². The SMILES string of the molecule is C=C(N)c1cccc(CCC2CCN(C)CC2)c1. The molecule has 1 fully saturated rings. The van der Waals surface area contributed by atoms with Crippen LogP contribution >= 0.6 is 0 Å². The van der Waals surface area contributed by atoms with Gasteiger partial charge >= 0.3 is 0 Å². The van der Waals surface area contributed by atoms with Crippen molar-refractivity contribution in [3.8, 4) is 0 Å². The first-order valence-corrected chi connectivity index (χ1v) is 6.87. The van der Waals surface area contributed by atoms with E-state index in [1.807, 2.05) is 6.07 Å². The highest BCUT2D eigenvalue weighted by Gasteiger charge is 2.16. The topological polar surface area (TPSA) is 29.3 Å². The van der Waals surface area contributed by atoms with Crippen molar-refractivity contribution in [2.45, 2.75) is 25.7 Å². The lowest BCUT2D eigenvalue weighted by Crippen LogP contribution is -2.30. The number of rotatable bonds is 4. The highest BCUT2D eigenvalue weighted by molar-refractivity contribution is 5.60. The summed E-state index contributed by atoms with van der Waals surface area (Å²) in [6.45, 7) is 6.31. The van der Waals surface area contributed by atoms with Gasteiger partial charge in [-0.3, -0.25) is 0 Å². The molecule has 0 radical (unpaired) electrons. The number of hydrogen-bond donors (Lipinski definition) is 1. The summed E-state index contributed by atoms with van der Waals surface area (Å²) in [5, 5.41) is 0. The van der Waals surface area contributed by atoms with E-state index in [4.69, 9.17) is 5.73 Å². The molecule has 2 rings (SSSR count). The summed E-state index contributed by atoms with van der Waals surface area (Å²) in [6.07, 6.45) is 5.16. The fourth-order valence-corrected chi connectivity index (χ4v) is 2.65. The van der Waals surface area contributed by atoms with Gasteiger partial charge in [0, 0.05) is 5.70 Å². The van der Waals surface area contributed by atoms with Crippen LogP contribution in [0.5, 0.6) is 0 Å². The van der Waals surface area contributed by atoms with E-state index in [2.05, 4.69) is 36.7 Å². The third kappa shape index (κ3) is 3.61. The van der Waals surface area contributed by atoms with Crippen LogP contribution in [0.1, 0.15) is 30.4 Å². The molecule has 0 saturated carbocycles. The van der Waals surface area contributed by atoms with Crippen LogP contribution in [0.25, 0.3) is 5.70 Å². The Balaban J connectivity index is 1.86. The Kier molecular flexibility index (Phi) is 4.43. The minimum absolute atomic E-state index is 0.663. The minimum atomic E-state index is 0.663. The van der Waals surface area contributed by atoms with Gasteiger partial charge in [-0.1, -0.05) is 24.8 Å². The van der Waals surface area contributed by atoms with Crippen molar-refractivity contribution < 1.29 is 0 Å². The second-order valence-corrected chi connectivity index (χ2v) is 5.51. The van der Waals surface area contributed by atoms with Crippen molar-refractivity contribution >= 4 is 5.70 Å². The predicted molar refractivity (Wildman–Crippen MR) is 78.2 cm³/mol. The molecule has 1 aromatic rings. The summed E-state index contributed by atoms with van der Waals surface area (Å²) in [6, 6.07) is 8.48. The summed E-state index contributed by atoms with van der Waals surface area (Å²) in [7, 11) is 2.21. The number of aryl methyl sites for hydroxylation is 1. The van der Waals surface area contributed by atoms with Gasteiger partial charge in [-0.15, -0.1) is 0 Å². The van der Waals surface area contributed by atoms with E-state index in [9.17, 15) is 0 Å². The maximum atomic E-state index is 5.74. The molecule has 1 aromatic carbocycles. The largest absolute Gasteiger partial charge is 0.399 e. The highest BCUT2D eigenvalue weighted by Crippen LogP contribution is 2.22. The van der Waals surface area contributed by atoms with Gasteiger partial charge < -0.3 is 10.6 Å². The summed E-state index contributed by atoms with van der Waals surface area (Å²) >= 11 is 0. The van der Waals surface area contributed by atoms with Crippen molar-refractivity contribution in [3.63, 3.8) is 0 Å². The molecule has 0 aliphatic carbocycles. The van der Waals surface area contributed by atoms with Gasteiger partial charge in [-0.25, -0.2) is 0 Å². The number of nitrogens with two attached hydrogens (primary N) is 1. The van der Waals surface area contributed by atoms with Crippen LogP contribution in [0, 0.1) is 5.92 Å². The molecule has 1 heterocycles. The molecular weight excluding hydrogens is 220 g/mol. The van der Waals surface area contributed by atoms with Crippen LogP contribution in [0.4, 0.5) is 0 Å². The van der Waals surface area contributed by atoms with Gasteiger partial charge in [-0.2, -0.15) is 0 Å². The third-order valence-corrected chi connectivity index (χ3v) is 3.98. The second kappa shape index (κ2) is 6.05. The van der Waals surface area contributed by atoms with Gasteiger partial charge in [0.25, 0.3) is 0 Å². The summed E-state index contributed by atoms with van der Waals surface area (Å²) < 4.78 is 0. The van der Waals surface area contributed by atoms with Gasteiger partial charge in [0.1, 0.15) is 0 Å². The number of benzene rings is 1. The number of piperidine rings is 1. The Morgan fingerprint density at radius 1 is 1.39 bits per heavy atom. The van der Waals surface area contributed by atoms with Gasteiger partial charge in [0.15, 0.2) is 0 Å². The molecule has 0 amide bonds. The highest BCUT2D eigenvalue weighted by atomic mass is 15.1. The van der Waals surface area contributed by atoms with Gasteiger partial charge in [-0.05, 0) is 68.9 Å². The standard InChI is InChI=1S/C16H24N2/c1-13(17)16-5-3-4-15(12-16)7-6-14-8-10-18(2)11-9-14/h3-5,12,14H,1,6-11,17H2,2H3. The molecule has 2 N–H and O–H groups in total. The molecule has 18 heavy (non-hydrogen) atoms. The average Bonchev–Trinajstić information content (AvgIpc) is 2.38. The van der Waals surface area contributed by atoms with Crippen molar-refractivity contribution in [2.75, 3.05) is 20.1 Å².